The van der Waals surface area contributed by atoms with Gasteiger partial charge in [-0.2, -0.15) is 12.7 Å². The van der Waals surface area contributed by atoms with Crippen LogP contribution in [0.1, 0.15) is 85.2 Å². The molecule has 8 atom stereocenters. The van der Waals surface area contributed by atoms with Crippen molar-refractivity contribution in [3.63, 3.8) is 0 Å². The summed E-state index contributed by atoms with van der Waals surface area (Å²) in [4.78, 5) is 27.9. The van der Waals surface area contributed by atoms with Crippen molar-refractivity contribution < 1.29 is 27.5 Å². The third-order valence-corrected chi connectivity index (χ3v) is 15.4. The fraction of sp³-hybridized carbons (Fsp3) is 0.568. The molecule has 1 aliphatic heterocycles. The fourth-order valence-electron chi connectivity index (χ4n) is 11.5. The molecule has 6 saturated carbocycles. The predicted octanol–water partition coefficient (Wildman–Crippen LogP) is 5.59. The van der Waals surface area contributed by atoms with Crippen molar-refractivity contribution in [2.45, 2.75) is 76.4 Å². The number of nitrogens with zero attached hydrogens (tertiary/aromatic N) is 2. The van der Waals surface area contributed by atoms with Gasteiger partial charge in [0.1, 0.15) is 11.9 Å². The van der Waals surface area contributed by atoms with E-state index in [1.54, 1.807) is 13.2 Å². The van der Waals surface area contributed by atoms with Gasteiger partial charge in [-0.15, -0.1) is 0 Å². The van der Waals surface area contributed by atoms with Crippen LogP contribution >= 0.6 is 0 Å². The number of hydrogen-bond acceptors (Lipinski definition) is 6. The summed E-state index contributed by atoms with van der Waals surface area (Å²) in [7, 11) is 0.488. The quantitative estimate of drug-likeness (QED) is 0.333. The number of carbonyl (C=O) groups excluding carboxylic acids is 2. The molecule has 1 amide bonds. The first-order valence-electron chi connectivity index (χ1n) is 17.3. The zero-order chi connectivity index (χ0) is 32.4. The van der Waals surface area contributed by atoms with E-state index in [0.29, 0.717) is 24.3 Å². The molecule has 47 heavy (non-hydrogen) atoms. The number of benzene rings is 2. The molecule has 6 aliphatic carbocycles. The molecule has 0 saturated heterocycles. The Morgan fingerprint density at radius 3 is 2.53 bits per heavy atom. The van der Waals surface area contributed by atoms with Gasteiger partial charge in [0.15, 0.2) is 0 Å². The Balaban J connectivity index is 1.12. The first-order valence-corrected chi connectivity index (χ1v) is 18.7. The maximum atomic E-state index is 14.5. The number of nitrogens with one attached hydrogen (secondary N) is 1. The lowest BCUT2D eigenvalue weighted by Gasteiger charge is -2.30. The van der Waals surface area contributed by atoms with E-state index < -0.39 is 21.5 Å². The van der Waals surface area contributed by atoms with Gasteiger partial charge in [-0.25, -0.2) is 4.72 Å². The smallest absolute Gasteiger partial charge is 0.314 e. The van der Waals surface area contributed by atoms with E-state index in [1.165, 1.54) is 38.9 Å². The molecule has 1 spiro atoms. The fourth-order valence-corrected chi connectivity index (χ4v) is 12.0. The van der Waals surface area contributed by atoms with Crippen LogP contribution in [0.3, 0.4) is 0 Å². The highest BCUT2D eigenvalue weighted by molar-refractivity contribution is 7.87. The van der Waals surface area contributed by atoms with Gasteiger partial charge < -0.3 is 14.0 Å². The molecule has 7 aliphatic rings. The van der Waals surface area contributed by atoms with E-state index in [1.807, 2.05) is 18.2 Å². The van der Waals surface area contributed by atoms with Crippen LogP contribution in [0, 0.1) is 34.0 Å². The molecule has 10 heteroatoms. The van der Waals surface area contributed by atoms with Crippen LogP contribution in [0.15, 0.2) is 36.4 Å². The number of rotatable bonds is 7. The Morgan fingerprint density at radius 1 is 1.06 bits per heavy atom. The molecule has 3 aromatic rings. The summed E-state index contributed by atoms with van der Waals surface area (Å²) in [6.45, 7) is 2.79. The standard InChI is InChI=1S/C37H41N3O6S/c1-35-28(16-25-30-32(35)37(25,30)35)46-34(42)36-17-26(36)24-15-21(45-4)11-13-22(24)31-29(19-8-6-5-7-9-19)23-12-10-20(14-27(23)40(31)18-36)33(41)38-47(43,44)39(2)3/h10-15,19,25-26,28,30,32H,5-9,16-18H2,1-4H3,(H,38,41)/t25?,26?,28-,30?,32?,35+,36?,37?/m1/s1. The Labute approximate surface area is 275 Å². The average molecular weight is 656 g/mol. The summed E-state index contributed by atoms with van der Waals surface area (Å²) < 4.78 is 42.9. The molecular formula is C37H41N3O6S. The number of amides is 1. The van der Waals surface area contributed by atoms with Crippen LogP contribution in [-0.2, 0) is 26.3 Å². The average Bonchev–Trinajstić information content (AvgIpc) is 3.99. The molecule has 1 aromatic heterocycles. The molecule has 0 radical (unpaired) electrons. The molecule has 10 rings (SSSR count). The van der Waals surface area contributed by atoms with Crippen molar-refractivity contribution in [1.82, 2.24) is 13.6 Å². The van der Waals surface area contributed by atoms with Gasteiger partial charge >= 0.3 is 16.2 Å². The maximum absolute atomic E-state index is 14.5. The first-order chi connectivity index (χ1) is 22.5. The van der Waals surface area contributed by atoms with Crippen LogP contribution in [0.5, 0.6) is 5.75 Å². The van der Waals surface area contributed by atoms with Gasteiger partial charge in [0.2, 0.25) is 0 Å². The lowest BCUT2D eigenvalue weighted by Crippen LogP contribution is -2.39. The van der Waals surface area contributed by atoms with Crippen LogP contribution in [0.4, 0.5) is 0 Å². The number of carbonyl (C=O) groups is 2. The van der Waals surface area contributed by atoms with Crippen molar-refractivity contribution in [3.05, 3.63) is 53.1 Å². The first kappa shape index (κ1) is 28.6. The third-order valence-electron chi connectivity index (χ3n) is 14.0. The second-order valence-corrected chi connectivity index (χ2v) is 17.8. The highest BCUT2D eigenvalue weighted by atomic mass is 32.2. The minimum absolute atomic E-state index is 0.00581. The predicted molar refractivity (Wildman–Crippen MR) is 175 cm³/mol. The van der Waals surface area contributed by atoms with Gasteiger partial charge in [0.25, 0.3) is 5.91 Å². The normalized spacial score (nSPS) is 36.7. The second kappa shape index (κ2) is 8.80. The zero-order valence-corrected chi connectivity index (χ0v) is 28.2. The lowest BCUT2D eigenvalue weighted by molar-refractivity contribution is -0.162. The highest BCUT2D eigenvalue weighted by Crippen LogP contribution is 3.13. The summed E-state index contributed by atoms with van der Waals surface area (Å²) in [5.74, 6) is 2.81. The largest absolute Gasteiger partial charge is 0.497 e. The third kappa shape index (κ3) is 3.36. The van der Waals surface area contributed by atoms with Gasteiger partial charge in [0.05, 0.1) is 18.2 Å². The molecular weight excluding hydrogens is 614 g/mol. The van der Waals surface area contributed by atoms with E-state index in [9.17, 15) is 18.0 Å². The number of hydrogen-bond donors (Lipinski definition) is 1. The van der Waals surface area contributed by atoms with Crippen molar-refractivity contribution in [1.29, 1.82) is 0 Å². The SMILES string of the molecule is COc1ccc2c(c1)C1CC1(C(=O)O[C@@H]1CC3C4C5C34[C@]51C)Cn1c-2c(C2CCCCC2)c2ccc(C(=O)NS(=O)(=O)N(C)C)cc21. The summed E-state index contributed by atoms with van der Waals surface area (Å²) in [6, 6.07) is 11.8. The maximum Gasteiger partial charge on any atom is 0.314 e. The van der Waals surface area contributed by atoms with E-state index in [2.05, 4.69) is 28.3 Å². The van der Waals surface area contributed by atoms with E-state index in [0.717, 1.165) is 74.8 Å². The molecule has 2 heterocycles. The number of ether oxygens (including phenoxy) is 2. The number of fused-ring (bicyclic) bond motifs is 10. The Bertz CT molecular complexity index is 2060. The van der Waals surface area contributed by atoms with Crippen molar-refractivity contribution in [2.24, 2.45) is 34.0 Å². The van der Waals surface area contributed by atoms with E-state index in [-0.39, 0.29) is 29.0 Å². The van der Waals surface area contributed by atoms with Crippen molar-refractivity contribution >= 4 is 33.0 Å². The van der Waals surface area contributed by atoms with Gasteiger partial charge in [-0.1, -0.05) is 32.3 Å². The zero-order valence-electron chi connectivity index (χ0n) is 27.3. The van der Waals surface area contributed by atoms with E-state index >= 15 is 0 Å². The van der Waals surface area contributed by atoms with Crippen LogP contribution in [-0.4, -0.2) is 56.5 Å². The summed E-state index contributed by atoms with van der Waals surface area (Å²) in [6.07, 6.45) is 7.44. The molecule has 1 N–H and O–H groups in total. The van der Waals surface area contributed by atoms with Crippen molar-refractivity contribution in [2.75, 3.05) is 21.2 Å². The monoisotopic (exact) mass is 655 g/mol. The molecule has 6 unspecified atom stereocenters. The van der Waals surface area contributed by atoms with Gasteiger partial charge in [0, 0.05) is 54.0 Å². The topological polar surface area (TPSA) is 107 Å². The second-order valence-electron chi connectivity index (χ2n) is 16.0. The van der Waals surface area contributed by atoms with Crippen molar-refractivity contribution in [3.8, 4) is 17.0 Å². The van der Waals surface area contributed by atoms with Gasteiger partial charge in [-0.05, 0) is 96.2 Å². The minimum atomic E-state index is -3.97. The summed E-state index contributed by atoms with van der Waals surface area (Å²) in [5.41, 5.74) is 5.73. The minimum Gasteiger partial charge on any atom is -0.497 e. The van der Waals surface area contributed by atoms with Crippen LogP contribution in [0.2, 0.25) is 0 Å². The molecule has 6 fully saturated rings. The molecule has 2 aromatic carbocycles. The molecule has 246 valence electrons. The van der Waals surface area contributed by atoms with Gasteiger partial charge in [-0.3, -0.25) is 9.59 Å². The summed E-state index contributed by atoms with van der Waals surface area (Å²) >= 11 is 0. The number of aromatic nitrogens is 1. The Kier molecular flexibility index (Phi) is 5.36. The van der Waals surface area contributed by atoms with Crippen LogP contribution < -0.4 is 9.46 Å². The summed E-state index contributed by atoms with van der Waals surface area (Å²) in [5, 5.41) is 1.06. The highest BCUT2D eigenvalue weighted by Gasteiger charge is 3.12. The molecule has 9 nitrogen and oxygen atoms in total. The van der Waals surface area contributed by atoms with E-state index in [4.69, 9.17) is 9.47 Å². The Morgan fingerprint density at radius 2 is 1.85 bits per heavy atom. The van der Waals surface area contributed by atoms with Crippen LogP contribution in [0.25, 0.3) is 22.2 Å². The lowest BCUT2D eigenvalue weighted by atomic mass is 9.81. The number of esters is 1. The molecule has 0 bridgehead atoms. The Hall–Kier alpha value is -3.37. The number of methoxy groups -OCH3 is 1.